The number of nitrogens with zero attached hydrogens (tertiary/aromatic N) is 1. The average molecular weight is 257 g/mol. The lowest BCUT2D eigenvalue weighted by atomic mass is 10.2. The Bertz CT molecular complexity index is 288. The van der Waals surface area contributed by atoms with E-state index in [0.717, 1.165) is 6.54 Å². The Morgan fingerprint density at radius 1 is 1.41 bits per heavy atom. The molecule has 1 aromatic rings. The molecule has 0 bridgehead atoms. The summed E-state index contributed by atoms with van der Waals surface area (Å²) in [6, 6.07) is 4.05. The van der Waals surface area contributed by atoms with Crippen LogP contribution in [0.25, 0.3) is 0 Å². The van der Waals surface area contributed by atoms with Gasteiger partial charge in [0.05, 0.1) is 19.3 Å². The summed E-state index contributed by atoms with van der Waals surface area (Å²) >= 11 is 1.68. The van der Waals surface area contributed by atoms with Gasteiger partial charge in [0.15, 0.2) is 0 Å². The van der Waals surface area contributed by atoms with Crippen molar-refractivity contribution in [3.05, 3.63) is 22.4 Å². The van der Waals surface area contributed by atoms with E-state index in [2.05, 4.69) is 18.7 Å². The van der Waals surface area contributed by atoms with Crippen LogP contribution in [0.2, 0.25) is 0 Å². The minimum Gasteiger partial charge on any atom is -0.389 e. The maximum Gasteiger partial charge on any atom is 0.0900 e. The van der Waals surface area contributed by atoms with Crippen LogP contribution in [-0.2, 0) is 11.3 Å². The highest BCUT2D eigenvalue weighted by Crippen LogP contribution is 2.09. The second kappa shape index (κ2) is 7.82. The van der Waals surface area contributed by atoms with Crippen molar-refractivity contribution < 1.29 is 9.84 Å². The van der Waals surface area contributed by atoms with Crippen molar-refractivity contribution in [2.75, 3.05) is 26.7 Å². The second-order valence-corrected chi connectivity index (χ2v) is 5.90. The van der Waals surface area contributed by atoms with Crippen LogP contribution in [0.4, 0.5) is 0 Å². The van der Waals surface area contributed by atoms with E-state index in [0.29, 0.717) is 25.7 Å². The zero-order valence-corrected chi connectivity index (χ0v) is 11.7. The monoisotopic (exact) mass is 257 g/mol. The smallest absolute Gasteiger partial charge is 0.0900 e. The molecule has 0 aromatic carbocycles. The molecular formula is C13H23NO2S. The number of rotatable bonds is 8. The maximum atomic E-state index is 9.80. The Labute approximate surface area is 108 Å². The fourth-order valence-corrected chi connectivity index (χ4v) is 2.44. The molecule has 17 heavy (non-hydrogen) atoms. The van der Waals surface area contributed by atoms with Crippen LogP contribution in [0.15, 0.2) is 17.5 Å². The van der Waals surface area contributed by atoms with Gasteiger partial charge in [-0.15, -0.1) is 11.3 Å². The van der Waals surface area contributed by atoms with Crippen LogP contribution in [0.5, 0.6) is 0 Å². The molecule has 0 aliphatic rings. The number of likely N-dealkylation sites (N-methyl/N-ethyl adjacent to an activating group) is 1. The molecule has 1 rings (SSSR count). The van der Waals surface area contributed by atoms with Gasteiger partial charge in [-0.25, -0.2) is 0 Å². The zero-order valence-electron chi connectivity index (χ0n) is 10.9. The molecule has 1 unspecified atom stereocenters. The highest BCUT2D eigenvalue weighted by atomic mass is 32.1. The number of hydrogen-bond donors (Lipinski definition) is 1. The highest BCUT2D eigenvalue weighted by molar-refractivity contribution is 7.09. The summed E-state index contributed by atoms with van der Waals surface area (Å²) in [5.41, 5.74) is 0. The molecule has 1 N–H and O–H groups in total. The number of aliphatic hydroxyl groups excluding tert-OH is 1. The first kappa shape index (κ1) is 14.6. The molecule has 0 fully saturated rings. The van der Waals surface area contributed by atoms with Crippen molar-refractivity contribution in [2.45, 2.75) is 26.6 Å². The molecule has 98 valence electrons. The molecule has 0 spiro atoms. The number of aliphatic hydroxyl groups is 1. The van der Waals surface area contributed by atoms with Crippen molar-refractivity contribution in [2.24, 2.45) is 5.92 Å². The van der Waals surface area contributed by atoms with E-state index in [1.807, 2.05) is 24.6 Å². The summed E-state index contributed by atoms with van der Waals surface area (Å²) in [7, 11) is 2.03. The highest BCUT2D eigenvalue weighted by Gasteiger charge is 2.09. The lowest BCUT2D eigenvalue weighted by Crippen LogP contribution is -2.34. The normalized spacial score (nSPS) is 13.5. The zero-order chi connectivity index (χ0) is 12.7. The molecule has 0 aliphatic carbocycles. The maximum absolute atomic E-state index is 9.80. The van der Waals surface area contributed by atoms with Gasteiger partial charge in [0.25, 0.3) is 0 Å². The van der Waals surface area contributed by atoms with Crippen molar-refractivity contribution in [1.82, 2.24) is 4.90 Å². The molecule has 1 aromatic heterocycles. The molecular weight excluding hydrogens is 234 g/mol. The summed E-state index contributed by atoms with van der Waals surface area (Å²) < 4.78 is 5.48. The van der Waals surface area contributed by atoms with Crippen LogP contribution in [0.1, 0.15) is 18.7 Å². The standard InChI is InChI=1S/C13H23NO2S/c1-11(2)7-14(3)8-12(15)9-16-10-13-5-4-6-17-13/h4-6,11-12,15H,7-10H2,1-3H3. The largest absolute Gasteiger partial charge is 0.389 e. The molecule has 0 radical (unpaired) electrons. The molecule has 0 amide bonds. The summed E-state index contributed by atoms with van der Waals surface area (Å²) in [6.07, 6.45) is -0.404. The van der Waals surface area contributed by atoms with E-state index in [1.165, 1.54) is 4.88 Å². The predicted molar refractivity (Wildman–Crippen MR) is 72.3 cm³/mol. The lowest BCUT2D eigenvalue weighted by molar-refractivity contribution is 0.0132. The van der Waals surface area contributed by atoms with Crippen LogP contribution < -0.4 is 0 Å². The van der Waals surface area contributed by atoms with E-state index < -0.39 is 6.10 Å². The van der Waals surface area contributed by atoms with Crippen molar-refractivity contribution in [1.29, 1.82) is 0 Å². The molecule has 0 saturated carbocycles. The third kappa shape index (κ3) is 6.78. The van der Waals surface area contributed by atoms with E-state index in [1.54, 1.807) is 11.3 Å². The van der Waals surface area contributed by atoms with Crippen LogP contribution >= 0.6 is 11.3 Å². The summed E-state index contributed by atoms with van der Waals surface area (Å²) in [5.74, 6) is 0.624. The average Bonchev–Trinajstić information content (AvgIpc) is 2.68. The number of thiophene rings is 1. The van der Waals surface area contributed by atoms with Crippen LogP contribution in [0.3, 0.4) is 0 Å². The minimum absolute atomic E-state index is 0.403. The van der Waals surface area contributed by atoms with Gasteiger partial charge in [0.2, 0.25) is 0 Å². The van der Waals surface area contributed by atoms with Gasteiger partial charge in [-0.05, 0) is 24.4 Å². The molecule has 0 saturated heterocycles. The quantitative estimate of drug-likeness (QED) is 0.775. The Kier molecular flexibility index (Phi) is 6.73. The summed E-state index contributed by atoms with van der Waals surface area (Å²) in [5, 5.41) is 11.8. The molecule has 1 atom stereocenters. The first-order valence-corrected chi connectivity index (χ1v) is 6.92. The van der Waals surface area contributed by atoms with Gasteiger partial charge in [-0.1, -0.05) is 19.9 Å². The topological polar surface area (TPSA) is 32.7 Å². The third-order valence-electron chi connectivity index (χ3n) is 2.33. The van der Waals surface area contributed by atoms with Crippen molar-refractivity contribution in [3.8, 4) is 0 Å². The SMILES string of the molecule is CC(C)CN(C)CC(O)COCc1cccs1. The Hall–Kier alpha value is -0.420. The van der Waals surface area contributed by atoms with Gasteiger partial charge < -0.3 is 14.7 Å². The molecule has 4 heteroatoms. The lowest BCUT2D eigenvalue weighted by Gasteiger charge is -2.22. The second-order valence-electron chi connectivity index (χ2n) is 4.86. The first-order valence-electron chi connectivity index (χ1n) is 6.04. The fourth-order valence-electron chi connectivity index (χ4n) is 1.80. The third-order valence-corrected chi connectivity index (χ3v) is 3.18. The first-order chi connectivity index (χ1) is 8.08. The number of hydrogen-bond acceptors (Lipinski definition) is 4. The van der Waals surface area contributed by atoms with E-state index in [4.69, 9.17) is 4.74 Å². The molecule has 3 nitrogen and oxygen atoms in total. The van der Waals surface area contributed by atoms with E-state index >= 15 is 0 Å². The minimum atomic E-state index is -0.404. The molecule has 1 heterocycles. The Morgan fingerprint density at radius 2 is 2.18 bits per heavy atom. The van der Waals surface area contributed by atoms with Gasteiger partial charge >= 0.3 is 0 Å². The van der Waals surface area contributed by atoms with Crippen molar-refractivity contribution >= 4 is 11.3 Å². The Balaban J connectivity index is 2.10. The predicted octanol–water partition coefficient (Wildman–Crippen LogP) is 2.21. The van der Waals surface area contributed by atoms with Crippen molar-refractivity contribution in [3.63, 3.8) is 0 Å². The van der Waals surface area contributed by atoms with Gasteiger partial charge in [-0.3, -0.25) is 0 Å². The number of ether oxygens (including phenoxy) is 1. The van der Waals surface area contributed by atoms with Gasteiger partial charge in [0, 0.05) is 18.0 Å². The van der Waals surface area contributed by atoms with Crippen LogP contribution in [-0.4, -0.2) is 42.9 Å². The van der Waals surface area contributed by atoms with Crippen LogP contribution in [0, 0.1) is 5.92 Å². The summed E-state index contributed by atoms with van der Waals surface area (Å²) in [6.45, 7) is 7.03. The van der Waals surface area contributed by atoms with E-state index in [9.17, 15) is 5.11 Å². The fraction of sp³-hybridized carbons (Fsp3) is 0.692. The van der Waals surface area contributed by atoms with Gasteiger partial charge in [-0.2, -0.15) is 0 Å². The van der Waals surface area contributed by atoms with Gasteiger partial charge in [0.1, 0.15) is 0 Å². The molecule has 0 aliphatic heterocycles. The van der Waals surface area contributed by atoms with E-state index in [-0.39, 0.29) is 0 Å². The summed E-state index contributed by atoms with van der Waals surface area (Å²) in [4.78, 5) is 3.34. The Morgan fingerprint density at radius 3 is 2.76 bits per heavy atom.